The SMILES string of the molecule is CC1(c2ccccc2)C(=O)N(Cc2ccccc2)c2ccccc21. The lowest BCUT2D eigenvalue weighted by molar-refractivity contribution is -0.121. The molecule has 0 fully saturated rings. The van der Waals surface area contributed by atoms with E-state index in [-0.39, 0.29) is 5.91 Å². The van der Waals surface area contributed by atoms with Gasteiger partial charge in [0.05, 0.1) is 12.0 Å². The highest BCUT2D eigenvalue weighted by atomic mass is 16.2. The van der Waals surface area contributed by atoms with Gasteiger partial charge in [-0.3, -0.25) is 4.79 Å². The third-order valence-corrected chi connectivity index (χ3v) is 4.94. The van der Waals surface area contributed by atoms with Gasteiger partial charge in [0.1, 0.15) is 0 Å². The first kappa shape index (κ1) is 14.7. The number of carbonyl (C=O) groups is 1. The molecule has 1 aliphatic heterocycles. The van der Waals surface area contributed by atoms with Gasteiger partial charge in [-0.25, -0.2) is 0 Å². The molecule has 2 nitrogen and oxygen atoms in total. The van der Waals surface area contributed by atoms with E-state index in [0.29, 0.717) is 6.54 Å². The molecule has 0 saturated heterocycles. The van der Waals surface area contributed by atoms with Crippen LogP contribution in [0.1, 0.15) is 23.6 Å². The Balaban J connectivity index is 1.83. The second-order valence-electron chi connectivity index (χ2n) is 6.39. The molecule has 3 aromatic rings. The summed E-state index contributed by atoms with van der Waals surface area (Å²) in [6.07, 6.45) is 0. The van der Waals surface area contributed by atoms with Gasteiger partial charge < -0.3 is 4.90 Å². The third-order valence-electron chi connectivity index (χ3n) is 4.94. The predicted molar refractivity (Wildman–Crippen MR) is 97.0 cm³/mol. The summed E-state index contributed by atoms with van der Waals surface area (Å²) in [7, 11) is 0. The number of anilines is 1. The van der Waals surface area contributed by atoms with Crippen molar-refractivity contribution in [2.75, 3.05) is 4.90 Å². The Kier molecular flexibility index (Phi) is 3.46. The summed E-state index contributed by atoms with van der Waals surface area (Å²) < 4.78 is 0. The van der Waals surface area contributed by atoms with Crippen LogP contribution >= 0.6 is 0 Å². The van der Waals surface area contributed by atoms with E-state index in [4.69, 9.17) is 0 Å². The molecule has 0 spiro atoms. The number of hydrogen-bond donors (Lipinski definition) is 0. The molecular weight excluding hydrogens is 294 g/mol. The molecule has 0 N–H and O–H groups in total. The maximum absolute atomic E-state index is 13.4. The van der Waals surface area contributed by atoms with E-state index >= 15 is 0 Å². The van der Waals surface area contributed by atoms with E-state index < -0.39 is 5.41 Å². The van der Waals surface area contributed by atoms with Gasteiger partial charge in [0.15, 0.2) is 0 Å². The van der Waals surface area contributed by atoms with Gasteiger partial charge in [-0.2, -0.15) is 0 Å². The van der Waals surface area contributed by atoms with Crippen molar-refractivity contribution >= 4 is 11.6 Å². The normalized spacial score (nSPS) is 19.4. The number of carbonyl (C=O) groups excluding carboxylic acids is 1. The van der Waals surface area contributed by atoms with Crippen LogP contribution < -0.4 is 4.90 Å². The van der Waals surface area contributed by atoms with Crippen LogP contribution in [0.15, 0.2) is 84.9 Å². The zero-order valence-electron chi connectivity index (χ0n) is 13.6. The van der Waals surface area contributed by atoms with Crippen LogP contribution in [0.4, 0.5) is 5.69 Å². The number of fused-ring (bicyclic) bond motifs is 1. The smallest absolute Gasteiger partial charge is 0.242 e. The maximum Gasteiger partial charge on any atom is 0.242 e. The summed E-state index contributed by atoms with van der Waals surface area (Å²) in [6.45, 7) is 2.63. The van der Waals surface area contributed by atoms with Gasteiger partial charge in [-0.1, -0.05) is 78.9 Å². The largest absolute Gasteiger partial charge is 0.307 e. The number of para-hydroxylation sites is 1. The summed E-state index contributed by atoms with van der Waals surface area (Å²) in [6, 6.07) is 28.3. The minimum Gasteiger partial charge on any atom is -0.307 e. The van der Waals surface area contributed by atoms with Gasteiger partial charge in [0.25, 0.3) is 0 Å². The van der Waals surface area contributed by atoms with E-state index in [1.54, 1.807) is 0 Å². The van der Waals surface area contributed by atoms with E-state index in [1.165, 1.54) is 0 Å². The summed E-state index contributed by atoms with van der Waals surface area (Å²) >= 11 is 0. The number of rotatable bonds is 3. The van der Waals surface area contributed by atoms with Crippen LogP contribution in [0.5, 0.6) is 0 Å². The molecule has 24 heavy (non-hydrogen) atoms. The monoisotopic (exact) mass is 313 g/mol. The van der Waals surface area contributed by atoms with Crippen LogP contribution in [0.25, 0.3) is 0 Å². The van der Waals surface area contributed by atoms with E-state index in [1.807, 2.05) is 78.6 Å². The molecule has 1 amide bonds. The molecule has 0 aliphatic carbocycles. The summed E-state index contributed by atoms with van der Waals surface area (Å²) in [4.78, 5) is 15.3. The Morgan fingerprint density at radius 2 is 1.38 bits per heavy atom. The van der Waals surface area contributed by atoms with Crippen LogP contribution in [-0.2, 0) is 16.8 Å². The van der Waals surface area contributed by atoms with Crippen molar-refractivity contribution in [3.8, 4) is 0 Å². The molecule has 3 aromatic carbocycles. The van der Waals surface area contributed by atoms with Crippen molar-refractivity contribution in [3.63, 3.8) is 0 Å². The highest BCUT2D eigenvalue weighted by Gasteiger charge is 2.48. The zero-order valence-corrected chi connectivity index (χ0v) is 13.6. The first-order valence-corrected chi connectivity index (χ1v) is 8.22. The molecule has 1 aliphatic rings. The first-order chi connectivity index (χ1) is 11.7. The Hall–Kier alpha value is -2.87. The topological polar surface area (TPSA) is 20.3 Å². The van der Waals surface area contributed by atoms with E-state index in [9.17, 15) is 4.79 Å². The van der Waals surface area contributed by atoms with Crippen LogP contribution in [-0.4, -0.2) is 5.91 Å². The van der Waals surface area contributed by atoms with Crippen molar-refractivity contribution in [1.29, 1.82) is 0 Å². The van der Waals surface area contributed by atoms with Crippen molar-refractivity contribution in [3.05, 3.63) is 102 Å². The summed E-state index contributed by atoms with van der Waals surface area (Å²) in [5.74, 6) is 0.138. The Morgan fingerprint density at radius 3 is 2.08 bits per heavy atom. The van der Waals surface area contributed by atoms with Gasteiger partial charge >= 0.3 is 0 Å². The zero-order chi connectivity index (χ0) is 16.6. The molecule has 4 rings (SSSR count). The molecule has 1 atom stereocenters. The number of hydrogen-bond acceptors (Lipinski definition) is 1. The molecule has 0 radical (unpaired) electrons. The van der Waals surface area contributed by atoms with Crippen molar-refractivity contribution in [2.45, 2.75) is 18.9 Å². The quantitative estimate of drug-likeness (QED) is 0.695. The van der Waals surface area contributed by atoms with Gasteiger partial charge in [0, 0.05) is 5.69 Å². The van der Waals surface area contributed by atoms with Gasteiger partial charge in [-0.05, 0) is 29.7 Å². The minimum atomic E-state index is -0.632. The van der Waals surface area contributed by atoms with Gasteiger partial charge in [-0.15, -0.1) is 0 Å². The lowest BCUT2D eigenvalue weighted by Gasteiger charge is -2.25. The average Bonchev–Trinajstić information content (AvgIpc) is 2.87. The Morgan fingerprint density at radius 1 is 0.792 bits per heavy atom. The fraction of sp³-hybridized carbons (Fsp3) is 0.136. The van der Waals surface area contributed by atoms with E-state index in [0.717, 1.165) is 22.4 Å². The molecule has 2 heteroatoms. The second kappa shape index (κ2) is 5.64. The van der Waals surface area contributed by atoms with Crippen LogP contribution in [0.3, 0.4) is 0 Å². The maximum atomic E-state index is 13.4. The molecular formula is C22H19NO. The number of amides is 1. The molecule has 1 heterocycles. The first-order valence-electron chi connectivity index (χ1n) is 8.22. The lowest BCUT2D eigenvalue weighted by atomic mass is 9.77. The van der Waals surface area contributed by atoms with Crippen molar-refractivity contribution in [2.24, 2.45) is 0 Å². The van der Waals surface area contributed by atoms with Crippen molar-refractivity contribution in [1.82, 2.24) is 0 Å². The summed E-state index contributed by atoms with van der Waals surface area (Å²) in [5.41, 5.74) is 3.64. The fourth-order valence-corrected chi connectivity index (χ4v) is 3.60. The molecule has 0 aromatic heterocycles. The number of nitrogens with zero attached hydrogens (tertiary/aromatic N) is 1. The lowest BCUT2D eigenvalue weighted by Crippen LogP contribution is -2.38. The molecule has 118 valence electrons. The predicted octanol–water partition coefficient (Wildman–Crippen LogP) is 4.54. The Bertz CT molecular complexity index is 873. The fourth-order valence-electron chi connectivity index (χ4n) is 3.60. The molecule has 1 unspecified atom stereocenters. The molecule has 0 bridgehead atoms. The third kappa shape index (κ3) is 2.15. The van der Waals surface area contributed by atoms with Crippen LogP contribution in [0.2, 0.25) is 0 Å². The van der Waals surface area contributed by atoms with E-state index in [2.05, 4.69) is 18.2 Å². The highest BCUT2D eigenvalue weighted by Crippen LogP contribution is 2.46. The van der Waals surface area contributed by atoms with Gasteiger partial charge in [0.2, 0.25) is 5.91 Å². The minimum absolute atomic E-state index is 0.138. The molecule has 0 saturated carbocycles. The highest BCUT2D eigenvalue weighted by molar-refractivity contribution is 6.10. The second-order valence-corrected chi connectivity index (χ2v) is 6.39. The summed E-state index contributed by atoms with van der Waals surface area (Å²) in [5, 5.41) is 0. The van der Waals surface area contributed by atoms with Crippen LogP contribution in [0, 0.1) is 0 Å². The standard InChI is InChI=1S/C22H19NO/c1-22(18-12-6-3-7-13-18)19-14-8-9-15-20(19)23(21(22)24)16-17-10-4-2-5-11-17/h2-15H,16H2,1H3. The number of benzene rings is 3. The Labute approximate surface area is 142 Å². The average molecular weight is 313 g/mol. The van der Waals surface area contributed by atoms with Crippen molar-refractivity contribution < 1.29 is 4.79 Å².